The highest BCUT2D eigenvalue weighted by Gasteiger charge is 2.34. The molecule has 2 N–H and O–H groups in total. The maximum atomic E-state index is 3.53. The molecule has 4 rings (SSSR count). The lowest BCUT2D eigenvalue weighted by molar-refractivity contribution is 0.617. The van der Waals surface area contributed by atoms with Crippen molar-refractivity contribution in [1.82, 2.24) is 0 Å². The van der Waals surface area contributed by atoms with Gasteiger partial charge in [0.2, 0.25) is 0 Å². The van der Waals surface area contributed by atoms with Gasteiger partial charge in [-0.05, 0) is 23.3 Å². The molecule has 0 spiro atoms. The molecule has 2 aromatic carbocycles. The first kappa shape index (κ1) is 10.0. The first-order valence-corrected chi connectivity index (χ1v) is 6.59. The molecule has 2 heterocycles. The zero-order valence-corrected chi connectivity index (χ0v) is 10.2. The molecule has 0 bridgehead atoms. The molecule has 2 atom stereocenters. The lowest BCUT2D eigenvalue weighted by Gasteiger charge is -2.18. The van der Waals surface area contributed by atoms with Gasteiger partial charge in [-0.25, -0.2) is 0 Å². The fourth-order valence-electron chi connectivity index (χ4n) is 3.34. The predicted molar refractivity (Wildman–Crippen MR) is 75.3 cm³/mol. The number of para-hydroxylation sites is 2. The highest BCUT2D eigenvalue weighted by Crippen LogP contribution is 2.45. The fraction of sp³-hybridized carbons (Fsp3) is 0.250. The van der Waals surface area contributed by atoms with Crippen LogP contribution in [0.4, 0.5) is 11.4 Å². The van der Waals surface area contributed by atoms with Crippen LogP contribution in [0.1, 0.15) is 23.0 Å². The molecule has 0 fully saturated rings. The molecule has 0 amide bonds. The minimum Gasteiger partial charge on any atom is -0.384 e. The van der Waals surface area contributed by atoms with Crippen LogP contribution in [-0.4, -0.2) is 13.1 Å². The summed E-state index contributed by atoms with van der Waals surface area (Å²) in [6.07, 6.45) is 0. The lowest BCUT2D eigenvalue weighted by Crippen LogP contribution is -2.15. The van der Waals surface area contributed by atoms with Crippen molar-refractivity contribution in [3.8, 4) is 0 Å². The Hall–Kier alpha value is -1.96. The van der Waals surface area contributed by atoms with E-state index in [-0.39, 0.29) is 0 Å². The van der Waals surface area contributed by atoms with Gasteiger partial charge in [0, 0.05) is 36.3 Å². The van der Waals surface area contributed by atoms with Gasteiger partial charge in [-0.15, -0.1) is 0 Å². The van der Waals surface area contributed by atoms with E-state index in [1.165, 1.54) is 22.5 Å². The molecule has 2 nitrogen and oxygen atoms in total. The maximum absolute atomic E-state index is 3.53. The standard InChI is InChI=1S/C16H16N2/c1-3-7-15-11(5-1)13(9-17-15)14-10-18-16-8-4-2-6-12(14)16/h1-8,13-14,17-18H,9-10H2. The number of anilines is 2. The van der Waals surface area contributed by atoms with Crippen LogP contribution in [0.25, 0.3) is 0 Å². The summed E-state index contributed by atoms with van der Waals surface area (Å²) >= 11 is 0. The van der Waals surface area contributed by atoms with Crippen LogP contribution in [-0.2, 0) is 0 Å². The number of nitrogens with one attached hydrogen (secondary N) is 2. The number of rotatable bonds is 1. The average Bonchev–Trinajstić information content (AvgIpc) is 3.01. The van der Waals surface area contributed by atoms with Crippen molar-refractivity contribution in [2.75, 3.05) is 23.7 Å². The van der Waals surface area contributed by atoms with Gasteiger partial charge >= 0.3 is 0 Å². The summed E-state index contributed by atoms with van der Waals surface area (Å²) in [5.41, 5.74) is 5.57. The van der Waals surface area contributed by atoms with Gasteiger partial charge in [0.05, 0.1) is 0 Å². The van der Waals surface area contributed by atoms with Crippen LogP contribution in [0.5, 0.6) is 0 Å². The van der Waals surface area contributed by atoms with Gasteiger partial charge in [-0.2, -0.15) is 0 Å². The van der Waals surface area contributed by atoms with Crippen LogP contribution in [0.2, 0.25) is 0 Å². The van der Waals surface area contributed by atoms with E-state index in [9.17, 15) is 0 Å². The SMILES string of the molecule is c1ccc2c(c1)NCC2C1CNc2ccccc21. The third-order valence-electron chi connectivity index (χ3n) is 4.23. The molecule has 2 unspecified atom stereocenters. The number of fused-ring (bicyclic) bond motifs is 2. The quantitative estimate of drug-likeness (QED) is 0.793. The van der Waals surface area contributed by atoms with Crippen LogP contribution >= 0.6 is 0 Å². The van der Waals surface area contributed by atoms with E-state index in [1.807, 2.05) is 0 Å². The third-order valence-corrected chi connectivity index (χ3v) is 4.23. The summed E-state index contributed by atoms with van der Waals surface area (Å²) < 4.78 is 0. The minimum absolute atomic E-state index is 0.595. The Morgan fingerprint density at radius 3 is 1.61 bits per heavy atom. The fourth-order valence-corrected chi connectivity index (χ4v) is 3.34. The summed E-state index contributed by atoms with van der Waals surface area (Å²) in [6.45, 7) is 2.11. The Morgan fingerprint density at radius 2 is 1.11 bits per heavy atom. The lowest BCUT2D eigenvalue weighted by atomic mass is 9.84. The summed E-state index contributed by atoms with van der Waals surface area (Å²) in [4.78, 5) is 0. The van der Waals surface area contributed by atoms with Gasteiger partial charge in [0.25, 0.3) is 0 Å². The third kappa shape index (κ3) is 1.35. The molecule has 0 saturated heterocycles. The molecule has 0 radical (unpaired) electrons. The van der Waals surface area contributed by atoms with E-state index in [1.54, 1.807) is 0 Å². The topological polar surface area (TPSA) is 24.1 Å². The number of hydrogen-bond donors (Lipinski definition) is 2. The highest BCUT2D eigenvalue weighted by atomic mass is 15.0. The molecule has 2 heteroatoms. The molecular formula is C16H16N2. The van der Waals surface area contributed by atoms with Crippen LogP contribution in [0.3, 0.4) is 0 Å². The molecule has 90 valence electrons. The Balaban J connectivity index is 1.75. The molecule has 2 aliphatic heterocycles. The second-order valence-corrected chi connectivity index (χ2v) is 5.15. The highest BCUT2D eigenvalue weighted by molar-refractivity contribution is 5.63. The van der Waals surface area contributed by atoms with E-state index in [2.05, 4.69) is 59.2 Å². The van der Waals surface area contributed by atoms with Crippen molar-refractivity contribution in [2.24, 2.45) is 0 Å². The van der Waals surface area contributed by atoms with Crippen LogP contribution < -0.4 is 10.6 Å². The van der Waals surface area contributed by atoms with E-state index in [0.29, 0.717) is 11.8 Å². The molecule has 0 aliphatic carbocycles. The van der Waals surface area contributed by atoms with E-state index < -0.39 is 0 Å². The van der Waals surface area contributed by atoms with Gasteiger partial charge in [0.1, 0.15) is 0 Å². The normalized spacial score (nSPS) is 24.0. The average molecular weight is 236 g/mol. The van der Waals surface area contributed by atoms with Gasteiger partial charge in [-0.3, -0.25) is 0 Å². The Labute approximate surface area is 107 Å². The first-order valence-electron chi connectivity index (χ1n) is 6.59. The second-order valence-electron chi connectivity index (χ2n) is 5.15. The predicted octanol–water partition coefficient (Wildman–Crippen LogP) is 3.41. The summed E-state index contributed by atoms with van der Waals surface area (Å²) in [5.74, 6) is 1.19. The van der Waals surface area contributed by atoms with Gasteiger partial charge < -0.3 is 10.6 Å². The van der Waals surface area contributed by atoms with Gasteiger partial charge in [0.15, 0.2) is 0 Å². The molecule has 0 aromatic heterocycles. The van der Waals surface area contributed by atoms with E-state index >= 15 is 0 Å². The molecule has 0 saturated carbocycles. The van der Waals surface area contributed by atoms with E-state index in [4.69, 9.17) is 0 Å². The molecule has 18 heavy (non-hydrogen) atoms. The van der Waals surface area contributed by atoms with Crippen molar-refractivity contribution < 1.29 is 0 Å². The van der Waals surface area contributed by atoms with Crippen molar-refractivity contribution in [3.63, 3.8) is 0 Å². The Bertz CT molecular complexity index is 538. The van der Waals surface area contributed by atoms with Gasteiger partial charge in [-0.1, -0.05) is 36.4 Å². The van der Waals surface area contributed by atoms with Crippen molar-refractivity contribution in [1.29, 1.82) is 0 Å². The van der Waals surface area contributed by atoms with Crippen LogP contribution in [0.15, 0.2) is 48.5 Å². The van der Waals surface area contributed by atoms with Crippen molar-refractivity contribution in [3.05, 3.63) is 59.7 Å². The largest absolute Gasteiger partial charge is 0.384 e. The smallest absolute Gasteiger partial charge is 0.0376 e. The number of benzene rings is 2. The second kappa shape index (κ2) is 3.77. The zero-order chi connectivity index (χ0) is 11.9. The summed E-state index contributed by atoms with van der Waals surface area (Å²) in [5, 5.41) is 7.06. The summed E-state index contributed by atoms with van der Waals surface area (Å²) in [6, 6.07) is 17.4. The maximum Gasteiger partial charge on any atom is 0.0376 e. The Morgan fingerprint density at radius 1 is 0.667 bits per heavy atom. The van der Waals surface area contributed by atoms with E-state index in [0.717, 1.165) is 13.1 Å². The zero-order valence-electron chi connectivity index (χ0n) is 10.2. The molecular weight excluding hydrogens is 220 g/mol. The monoisotopic (exact) mass is 236 g/mol. The van der Waals surface area contributed by atoms with Crippen molar-refractivity contribution >= 4 is 11.4 Å². The van der Waals surface area contributed by atoms with Crippen LogP contribution in [0, 0.1) is 0 Å². The molecule has 2 aliphatic rings. The Kier molecular flexibility index (Phi) is 2.10. The molecule has 2 aromatic rings. The van der Waals surface area contributed by atoms with Crippen molar-refractivity contribution in [2.45, 2.75) is 11.8 Å². The summed E-state index contributed by atoms with van der Waals surface area (Å²) in [7, 11) is 0. The minimum atomic E-state index is 0.595. The first-order chi connectivity index (χ1) is 8.93. The number of hydrogen-bond acceptors (Lipinski definition) is 2.